The smallest absolute Gasteiger partial charge is 0.431 e. The minimum absolute atomic E-state index is 0.0423. The fourth-order valence-corrected chi connectivity index (χ4v) is 1.82. The molecule has 120 valence electrons. The molecule has 0 heterocycles. The van der Waals surface area contributed by atoms with Gasteiger partial charge in [-0.25, -0.2) is 4.79 Å². The molecule has 0 fully saturated rings. The van der Waals surface area contributed by atoms with Crippen molar-refractivity contribution in [3.05, 3.63) is 44.6 Å². The van der Waals surface area contributed by atoms with E-state index in [-0.39, 0.29) is 28.5 Å². The maximum absolute atomic E-state index is 12.9. The van der Waals surface area contributed by atoms with Crippen LogP contribution in [0.1, 0.15) is 6.92 Å². The van der Waals surface area contributed by atoms with Crippen molar-refractivity contribution < 1.29 is 27.6 Å². The van der Waals surface area contributed by atoms with E-state index in [0.717, 1.165) is 18.2 Å². The molecule has 0 aliphatic heterocycles. The van der Waals surface area contributed by atoms with Crippen LogP contribution in [-0.4, -0.2) is 23.7 Å². The Morgan fingerprint density at radius 2 is 2.14 bits per heavy atom. The minimum atomic E-state index is -4.83. The lowest BCUT2D eigenvalue weighted by molar-refractivity contribution is -0.384. The van der Waals surface area contributed by atoms with Gasteiger partial charge in [-0.15, -0.1) is 0 Å². The molecular weight excluding hydrogens is 373 g/mol. The molecule has 0 bridgehead atoms. The topological polar surface area (TPSA) is 81.5 Å². The molecule has 6 nitrogen and oxygen atoms in total. The Morgan fingerprint density at radius 3 is 2.59 bits per heavy atom. The highest BCUT2D eigenvalue weighted by Gasteiger charge is 2.35. The zero-order chi connectivity index (χ0) is 16.9. The lowest BCUT2D eigenvalue weighted by Gasteiger charge is -2.15. The number of carbonyl (C=O) groups is 1. The van der Waals surface area contributed by atoms with Gasteiger partial charge in [0, 0.05) is 16.6 Å². The van der Waals surface area contributed by atoms with Crippen LogP contribution in [0.5, 0.6) is 0 Å². The Morgan fingerprint density at radius 1 is 1.50 bits per heavy atom. The van der Waals surface area contributed by atoms with Gasteiger partial charge < -0.3 is 10.1 Å². The number of nitro groups is 1. The van der Waals surface area contributed by atoms with Crippen LogP contribution in [-0.2, 0) is 9.53 Å². The average molecular weight is 383 g/mol. The second-order valence-corrected chi connectivity index (χ2v) is 4.71. The number of esters is 1. The SMILES string of the molecule is CCOC(=O)/C=C(/Nc1ccc([N+](=O)[O-])cc1Br)C(F)(F)F. The van der Waals surface area contributed by atoms with Gasteiger partial charge in [0.15, 0.2) is 0 Å². The fourth-order valence-electron chi connectivity index (χ4n) is 1.35. The van der Waals surface area contributed by atoms with Crippen molar-refractivity contribution in [1.82, 2.24) is 0 Å². The highest BCUT2D eigenvalue weighted by molar-refractivity contribution is 9.10. The van der Waals surface area contributed by atoms with E-state index in [1.165, 1.54) is 6.92 Å². The summed E-state index contributed by atoms with van der Waals surface area (Å²) < 4.78 is 43.1. The molecule has 0 radical (unpaired) electrons. The quantitative estimate of drug-likeness (QED) is 0.362. The van der Waals surface area contributed by atoms with Gasteiger partial charge in [-0.05, 0) is 28.9 Å². The highest BCUT2D eigenvalue weighted by atomic mass is 79.9. The molecule has 22 heavy (non-hydrogen) atoms. The van der Waals surface area contributed by atoms with Crippen LogP contribution in [0.2, 0.25) is 0 Å². The first-order chi connectivity index (χ1) is 10.1. The number of halogens is 4. The van der Waals surface area contributed by atoms with E-state index in [0.29, 0.717) is 0 Å². The molecule has 0 saturated heterocycles. The standard InChI is InChI=1S/C12H10BrF3N2O4/c1-2-22-11(19)6-10(12(14,15)16)17-9-4-3-7(18(20)21)5-8(9)13/h3-6,17H,2H2,1H3/b10-6+. The maximum atomic E-state index is 12.9. The van der Waals surface area contributed by atoms with E-state index >= 15 is 0 Å². The molecule has 1 aromatic carbocycles. The average Bonchev–Trinajstić information content (AvgIpc) is 2.39. The van der Waals surface area contributed by atoms with Gasteiger partial charge in [-0.1, -0.05) is 0 Å². The summed E-state index contributed by atoms with van der Waals surface area (Å²) in [6.07, 6.45) is -4.55. The third-order valence-corrected chi connectivity index (χ3v) is 2.94. The lowest BCUT2D eigenvalue weighted by atomic mass is 10.2. The van der Waals surface area contributed by atoms with Crippen LogP contribution in [0.25, 0.3) is 0 Å². The molecule has 0 spiro atoms. The first-order valence-corrected chi connectivity index (χ1v) is 6.61. The van der Waals surface area contributed by atoms with Crippen LogP contribution in [0.4, 0.5) is 24.5 Å². The number of carbonyl (C=O) groups excluding carboxylic acids is 1. The maximum Gasteiger partial charge on any atom is 0.431 e. The lowest BCUT2D eigenvalue weighted by Crippen LogP contribution is -2.21. The van der Waals surface area contributed by atoms with Crippen LogP contribution in [0, 0.1) is 10.1 Å². The third kappa shape index (κ3) is 5.02. The Bertz CT molecular complexity index is 617. The number of non-ortho nitro benzene ring substituents is 1. The summed E-state index contributed by atoms with van der Waals surface area (Å²) in [7, 11) is 0. The third-order valence-electron chi connectivity index (χ3n) is 2.29. The van der Waals surface area contributed by atoms with Gasteiger partial charge in [0.2, 0.25) is 0 Å². The Balaban J connectivity index is 3.10. The summed E-state index contributed by atoms with van der Waals surface area (Å²) >= 11 is 2.93. The van der Waals surface area contributed by atoms with Crippen LogP contribution < -0.4 is 5.32 Å². The summed E-state index contributed by atoms with van der Waals surface area (Å²) in [6.45, 7) is 1.39. The predicted molar refractivity (Wildman–Crippen MR) is 75.2 cm³/mol. The van der Waals surface area contributed by atoms with Crippen molar-refractivity contribution in [2.45, 2.75) is 13.1 Å². The summed E-state index contributed by atoms with van der Waals surface area (Å²) in [6, 6.07) is 3.17. The molecule has 1 rings (SSSR count). The summed E-state index contributed by atoms with van der Waals surface area (Å²) in [5.41, 5.74) is -1.72. The number of alkyl halides is 3. The molecule has 0 unspecified atom stereocenters. The van der Waals surface area contributed by atoms with Gasteiger partial charge >= 0.3 is 12.1 Å². The highest BCUT2D eigenvalue weighted by Crippen LogP contribution is 2.32. The zero-order valence-corrected chi connectivity index (χ0v) is 12.7. The van der Waals surface area contributed by atoms with Gasteiger partial charge in [0.25, 0.3) is 5.69 Å². The van der Waals surface area contributed by atoms with Crippen molar-refractivity contribution in [2.24, 2.45) is 0 Å². The van der Waals surface area contributed by atoms with Crippen molar-refractivity contribution in [2.75, 3.05) is 11.9 Å². The van der Waals surface area contributed by atoms with E-state index in [4.69, 9.17) is 0 Å². The number of nitrogens with one attached hydrogen (secondary N) is 1. The number of hydrogen-bond donors (Lipinski definition) is 1. The molecule has 0 amide bonds. The number of rotatable bonds is 5. The number of benzene rings is 1. The van der Waals surface area contributed by atoms with Crippen LogP contribution in [0.3, 0.4) is 0 Å². The van der Waals surface area contributed by atoms with E-state index in [1.54, 1.807) is 0 Å². The Labute approximate surface area is 131 Å². The number of anilines is 1. The Kier molecular flexibility index (Phi) is 5.92. The van der Waals surface area contributed by atoms with E-state index in [9.17, 15) is 28.1 Å². The summed E-state index contributed by atoms with van der Waals surface area (Å²) in [5, 5.41) is 12.6. The number of nitro benzene ring substituents is 1. The Hall–Kier alpha value is -2.10. The van der Waals surface area contributed by atoms with Gasteiger partial charge in [-0.3, -0.25) is 10.1 Å². The molecular formula is C12H10BrF3N2O4. The van der Waals surface area contributed by atoms with E-state index in [1.807, 2.05) is 5.32 Å². The fraction of sp³-hybridized carbons (Fsp3) is 0.250. The predicted octanol–water partition coefficient (Wildman–Crippen LogP) is 3.78. The molecule has 10 heteroatoms. The number of ether oxygens (including phenoxy) is 1. The molecule has 0 aromatic heterocycles. The molecule has 1 N–H and O–H groups in total. The molecule has 0 saturated carbocycles. The van der Waals surface area contributed by atoms with Crippen molar-refractivity contribution in [1.29, 1.82) is 0 Å². The van der Waals surface area contributed by atoms with Crippen molar-refractivity contribution >= 4 is 33.3 Å². The zero-order valence-electron chi connectivity index (χ0n) is 11.1. The largest absolute Gasteiger partial charge is 0.463 e. The molecule has 0 atom stereocenters. The molecule has 0 aliphatic carbocycles. The van der Waals surface area contributed by atoms with Gasteiger partial charge in [0.1, 0.15) is 5.70 Å². The van der Waals surface area contributed by atoms with E-state index in [2.05, 4.69) is 20.7 Å². The van der Waals surface area contributed by atoms with Gasteiger partial charge in [0.05, 0.1) is 23.3 Å². The number of allylic oxidation sites excluding steroid dienone is 1. The first kappa shape index (κ1) is 18.0. The number of nitrogens with zero attached hydrogens (tertiary/aromatic N) is 1. The summed E-state index contributed by atoms with van der Waals surface area (Å²) in [5.74, 6) is -1.15. The summed E-state index contributed by atoms with van der Waals surface area (Å²) in [4.78, 5) is 21.1. The van der Waals surface area contributed by atoms with Crippen molar-refractivity contribution in [3.8, 4) is 0 Å². The molecule has 0 aliphatic rings. The number of hydrogen-bond acceptors (Lipinski definition) is 5. The molecule has 1 aromatic rings. The second-order valence-electron chi connectivity index (χ2n) is 3.85. The monoisotopic (exact) mass is 382 g/mol. The van der Waals surface area contributed by atoms with Crippen LogP contribution in [0.15, 0.2) is 34.4 Å². The minimum Gasteiger partial charge on any atom is -0.463 e. The normalized spacial score (nSPS) is 12.0. The first-order valence-electron chi connectivity index (χ1n) is 5.81. The van der Waals surface area contributed by atoms with E-state index < -0.39 is 22.8 Å². The van der Waals surface area contributed by atoms with Gasteiger partial charge in [-0.2, -0.15) is 13.2 Å². The second kappa shape index (κ2) is 7.25. The van der Waals surface area contributed by atoms with Crippen LogP contribution >= 0.6 is 15.9 Å². The van der Waals surface area contributed by atoms with Crippen molar-refractivity contribution in [3.63, 3.8) is 0 Å².